The van der Waals surface area contributed by atoms with E-state index in [0.717, 1.165) is 50.6 Å². The van der Waals surface area contributed by atoms with Crippen LogP contribution in [0.25, 0.3) is 0 Å². The quantitative estimate of drug-likeness (QED) is 0.136. The summed E-state index contributed by atoms with van der Waals surface area (Å²) >= 11 is 0. The first-order valence-corrected chi connectivity index (χ1v) is 14.3. The highest BCUT2D eigenvalue weighted by molar-refractivity contribution is 7.80. The molecule has 33 heavy (non-hydrogen) atoms. The van der Waals surface area contributed by atoms with Crippen LogP contribution in [0.2, 0.25) is 0 Å². The standard InChI is InChI=1S/C24H47N2O.CH4O4S/c1-4-5-6-7-8-9-10-11-12-13-14-15-16-17-18-19-24(27)25-20-22-26(2,3)23-21-25;1-5-6(2,3)4/h11-12H,4-10,13-23H2,1-3H3;1H3,(H,2,3,4)/q+1;/b12-11+;. The third-order valence-electron chi connectivity index (χ3n) is 6.17. The first-order valence-electron chi connectivity index (χ1n) is 12.9. The van der Waals surface area contributed by atoms with E-state index in [1.807, 2.05) is 0 Å². The molecule has 0 bridgehead atoms. The second kappa shape index (κ2) is 19.4. The molecule has 1 heterocycles. The van der Waals surface area contributed by atoms with Crippen molar-refractivity contribution >= 4 is 16.3 Å². The number of carbonyl (C=O) groups excluding carboxylic acids is 1. The summed E-state index contributed by atoms with van der Waals surface area (Å²) in [5.74, 6) is 0.382. The Balaban J connectivity index is 0.00000150. The Morgan fingerprint density at radius 2 is 1.30 bits per heavy atom. The Kier molecular flexibility index (Phi) is 18.8. The van der Waals surface area contributed by atoms with Crippen molar-refractivity contribution in [2.45, 2.75) is 96.8 Å². The minimum absolute atomic E-state index is 0.382. The molecule has 1 N–H and O–H groups in total. The molecule has 1 fully saturated rings. The summed E-state index contributed by atoms with van der Waals surface area (Å²) in [6, 6.07) is 0. The fourth-order valence-corrected chi connectivity index (χ4v) is 3.76. The molecule has 0 aromatic rings. The number of hydrogen-bond donors (Lipinski definition) is 1. The van der Waals surface area contributed by atoms with Crippen molar-refractivity contribution in [3.63, 3.8) is 0 Å². The van der Waals surface area contributed by atoms with Gasteiger partial charge in [0.05, 0.1) is 47.4 Å². The Hall–Kier alpha value is -0.960. The molecule has 7 nitrogen and oxygen atoms in total. The average molecular weight is 492 g/mol. The first kappa shape index (κ1) is 32.0. The van der Waals surface area contributed by atoms with Gasteiger partial charge in [0.25, 0.3) is 0 Å². The number of likely N-dealkylation sites (N-methyl/N-ethyl adjacent to an activating group) is 1. The van der Waals surface area contributed by atoms with Crippen LogP contribution in [0.4, 0.5) is 0 Å². The summed E-state index contributed by atoms with van der Waals surface area (Å²) in [7, 11) is 1.22. The molecule has 1 aliphatic heterocycles. The maximum atomic E-state index is 12.3. The molecular weight excluding hydrogens is 440 g/mol. The Morgan fingerprint density at radius 3 is 1.76 bits per heavy atom. The molecule has 196 valence electrons. The molecule has 1 saturated heterocycles. The van der Waals surface area contributed by atoms with Crippen LogP contribution >= 0.6 is 0 Å². The van der Waals surface area contributed by atoms with Crippen LogP contribution in [0.3, 0.4) is 0 Å². The van der Waals surface area contributed by atoms with Crippen molar-refractivity contribution in [2.75, 3.05) is 47.4 Å². The Morgan fingerprint density at radius 1 is 0.879 bits per heavy atom. The monoisotopic (exact) mass is 491 g/mol. The van der Waals surface area contributed by atoms with Gasteiger partial charge in [0.2, 0.25) is 5.91 Å². The van der Waals surface area contributed by atoms with E-state index >= 15 is 0 Å². The highest BCUT2D eigenvalue weighted by Crippen LogP contribution is 2.12. The van der Waals surface area contributed by atoms with Crippen LogP contribution in [0.15, 0.2) is 12.2 Å². The van der Waals surface area contributed by atoms with Gasteiger partial charge in [-0.25, -0.2) is 0 Å². The van der Waals surface area contributed by atoms with E-state index in [1.165, 1.54) is 77.0 Å². The number of nitrogens with zero attached hydrogens (tertiary/aromatic N) is 2. The highest BCUT2D eigenvalue weighted by Gasteiger charge is 2.26. The van der Waals surface area contributed by atoms with Gasteiger partial charge in [0.15, 0.2) is 0 Å². The van der Waals surface area contributed by atoms with Gasteiger partial charge in [-0.15, -0.1) is 0 Å². The fraction of sp³-hybridized carbons (Fsp3) is 0.880. The van der Waals surface area contributed by atoms with Crippen molar-refractivity contribution in [2.24, 2.45) is 0 Å². The van der Waals surface area contributed by atoms with Crippen LogP contribution in [-0.4, -0.2) is 75.6 Å². The van der Waals surface area contributed by atoms with Gasteiger partial charge in [-0.1, -0.05) is 70.4 Å². The summed E-state index contributed by atoms with van der Waals surface area (Å²) in [5, 5.41) is 0. The second-order valence-electron chi connectivity index (χ2n) is 9.69. The number of quaternary nitrogens is 1. The molecule has 0 atom stereocenters. The van der Waals surface area contributed by atoms with Crippen LogP contribution in [-0.2, 0) is 19.4 Å². The molecule has 0 unspecified atom stereocenters. The zero-order valence-corrected chi connectivity index (χ0v) is 22.6. The first-order chi connectivity index (χ1) is 15.6. The Labute approximate surface area is 204 Å². The molecule has 1 rings (SSSR count). The maximum Gasteiger partial charge on any atom is 0.397 e. The number of unbranched alkanes of at least 4 members (excludes halogenated alkanes) is 11. The molecule has 0 saturated carbocycles. The predicted molar refractivity (Wildman–Crippen MR) is 136 cm³/mol. The van der Waals surface area contributed by atoms with Gasteiger partial charge in [-0.3, -0.25) is 13.5 Å². The van der Waals surface area contributed by atoms with Gasteiger partial charge in [-0.05, 0) is 32.1 Å². The molecule has 0 aromatic heterocycles. The summed E-state index contributed by atoms with van der Waals surface area (Å²) in [6.07, 6.45) is 22.5. The molecule has 8 heteroatoms. The predicted octanol–water partition coefficient (Wildman–Crippen LogP) is 5.38. The molecule has 1 amide bonds. The SMILES string of the molecule is CCCCCCCC/C=C/CCCCCCCC(=O)N1CC[N+](C)(C)CC1.COS(=O)(=O)O. The van der Waals surface area contributed by atoms with Crippen molar-refractivity contribution in [3.05, 3.63) is 12.2 Å². The highest BCUT2D eigenvalue weighted by atomic mass is 32.3. The minimum Gasteiger partial charge on any atom is -0.331 e. The van der Waals surface area contributed by atoms with E-state index in [4.69, 9.17) is 4.55 Å². The van der Waals surface area contributed by atoms with Crippen LogP contribution in [0, 0.1) is 0 Å². The lowest BCUT2D eigenvalue weighted by molar-refractivity contribution is -0.894. The van der Waals surface area contributed by atoms with E-state index in [1.54, 1.807) is 0 Å². The third kappa shape index (κ3) is 21.3. The largest absolute Gasteiger partial charge is 0.397 e. The molecule has 0 aliphatic carbocycles. The van der Waals surface area contributed by atoms with E-state index in [9.17, 15) is 13.2 Å². The lowest BCUT2D eigenvalue weighted by Gasteiger charge is -2.39. The van der Waals surface area contributed by atoms with E-state index < -0.39 is 10.4 Å². The van der Waals surface area contributed by atoms with Crippen molar-refractivity contribution < 1.29 is 26.4 Å². The van der Waals surface area contributed by atoms with Crippen molar-refractivity contribution in [1.29, 1.82) is 0 Å². The van der Waals surface area contributed by atoms with Gasteiger partial charge in [0.1, 0.15) is 0 Å². The number of piperazine rings is 1. The maximum absolute atomic E-state index is 12.3. The topological polar surface area (TPSA) is 83.9 Å². The van der Waals surface area contributed by atoms with Crippen LogP contribution in [0.5, 0.6) is 0 Å². The molecule has 0 radical (unpaired) electrons. The molecular formula is C25H51N2O5S+. The van der Waals surface area contributed by atoms with Crippen LogP contribution < -0.4 is 0 Å². The summed E-state index contributed by atoms with van der Waals surface area (Å²) in [6.45, 7) is 6.35. The fourth-order valence-electron chi connectivity index (χ4n) is 3.76. The summed E-state index contributed by atoms with van der Waals surface area (Å²) < 4.78 is 30.8. The second-order valence-corrected chi connectivity index (χ2v) is 10.9. The van der Waals surface area contributed by atoms with E-state index in [2.05, 4.69) is 42.3 Å². The zero-order valence-electron chi connectivity index (χ0n) is 21.8. The molecule has 0 spiro atoms. The normalized spacial score (nSPS) is 16.0. The zero-order chi connectivity index (χ0) is 25.0. The molecule has 0 aromatic carbocycles. The van der Waals surface area contributed by atoms with E-state index in [-0.39, 0.29) is 0 Å². The van der Waals surface area contributed by atoms with Gasteiger partial charge in [-0.2, -0.15) is 8.42 Å². The smallest absolute Gasteiger partial charge is 0.331 e. The lowest BCUT2D eigenvalue weighted by atomic mass is 10.1. The number of hydrogen-bond acceptors (Lipinski definition) is 4. The lowest BCUT2D eigenvalue weighted by Crippen LogP contribution is -2.56. The van der Waals surface area contributed by atoms with Gasteiger partial charge >= 0.3 is 10.4 Å². The van der Waals surface area contributed by atoms with E-state index in [0.29, 0.717) is 5.91 Å². The summed E-state index contributed by atoms with van der Waals surface area (Å²) in [5.41, 5.74) is 0. The Bertz CT molecular complexity index is 610. The van der Waals surface area contributed by atoms with Crippen molar-refractivity contribution in [1.82, 2.24) is 4.90 Å². The van der Waals surface area contributed by atoms with Crippen molar-refractivity contribution in [3.8, 4) is 0 Å². The summed E-state index contributed by atoms with van der Waals surface area (Å²) in [4.78, 5) is 14.3. The van der Waals surface area contributed by atoms with Crippen LogP contribution in [0.1, 0.15) is 96.8 Å². The number of rotatable bonds is 16. The van der Waals surface area contributed by atoms with Gasteiger partial charge < -0.3 is 9.38 Å². The minimum atomic E-state index is -4.16. The average Bonchev–Trinajstić information content (AvgIpc) is 2.76. The number of amides is 1. The van der Waals surface area contributed by atoms with Gasteiger partial charge in [0, 0.05) is 6.42 Å². The molecule has 1 aliphatic rings. The number of carbonyl (C=O) groups is 1. The number of allylic oxidation sites excluding steroid dienone is 2. The third-order valence-corrected chi connectivity index (χ3v) is 6.59.